The highest BCUT2D eigenvalue weighted by Crippen LogP contribution is 2.25. The lowest BCUT2D eigenvalue weighted by atomic mass is 9.93. The number of nitrogens with two attached hydrogens (primary N) is 1. The van der Waals surface area contributed by atoms with Crippen molar-refractivity contribution in [3.63, 3.8) is 0 Å². The average molecular weight is 291 g/mol. The molecule has 0 amide bonds. The molecule has 0 radical (unpaired) electrons. The summed E-state index contributed by atoms with van der Waals surface area (Å²) in [6.07, 6.45) is 4.21. The van der Waals surface area contributed by atoms with Crippen LogP contribution in [-0.4, -0.2) is 29.6 Å². The van der Waals surface area contributed by atoms with Gasteiger partial charge in [-0.2, -0.15) is 0 Å². The van der Waals surface area contributed by atoms with Gasteiger partial charge >= 0.3 is 5.97 Å². The summed E-state index contributed by atoms with van der Waals surface area (Å²) in [5, 5.41) is 0. The minimum Gasteiger partial charge on any atom is -0.460 e. The number of ether oxygens (including phenoxy) is 1. The van der Waals surface area contributed by atoms with Gasteiger partial charge in [0, 0.05) is 37.5 Å². The zero-order valence-electron chi connectivity index (χ0n) is 13.1. The van der Waals surface area contributed by atoms with Crippen molar-refractivity contribution >= 4 is 17.5 Å². The van der Waals surface area contributed by atoms with E-state index in [-0.39, 0.29) is 5.97 Å². The van der Waals surface area contributed by atoms with Crippen LogP contribution in [0.4, 0.5) is 11.5 Å². The van der Waals surface area contributed by atoms with Crippen molar-refractivity contribution in [2.24, 2.45) is 5.92 Å². The number of carbonyl (C=O) groups is 1. The van der Waals surface area contributed by atoms with Crippen molar-refractivity contribution in [2.45, 2.75) is 45.6 Å². The summed E-state index contributed by atoms with van der Waals surface area (Å²) < 4.78 is 5.39. The predicted octanol–water partition coefficient (Wildman–Crippen LogP) is 2.61. The summed E-state index contributed by atoms with van der Waals surface area (Å²) >= 11 is 0. The number of aromatic nitrogens is 1. The molecule has 1 aliphatic rings. The van der Waals surface area contributed by atoms with Crippen LogP contribution in [0.2, 0.25) is 0 Å². The summed E-state index contributed by atoms with van der Waals surface area (Å²) in [5.41, 5.74) is 6.12. The fourth-order valence-corrected chi connectivity index (χ4v) is 2.59. The van der Waals surface area contributed by atoms with Gasteiger partial charge in [-0.3, -0.25) is 4.79 Å². The summed E-state index contributed by atoms with van der Waals surface area (Å²) in [5.74, 6) is 1.23. The van der Waals surface area contributed by atoms with Crippen molar-refractivity contribution in [1.82, 2.24) is 4.98 Å². The number of carbonyl (C=O) groups excluding carboxylic acids is 1. The number of hydrogen-bond acceptors (Lipinski definition) is 5. The van der Waals surface area contributed by atoms with Crippen LogP contribution >= 0.6 is 0 Å². The summed E-state index contributed by atoms with van der Waals surface area (Å²) in [4.78, 5) is 18.4. The zero-order valence-corrected chi connectivity index (χ0v) is 13.1. The molecule has 0 spiro atoms. The first-order valence-electron chi connectivity index (χ1n) is 7.52. The van der Waals surface area contributed by atoms with Crippen molar-refractivity contribution < 1.29 is 9.53 Å². The van der Waals surface area contributed by atoms with E-state index in [1.54, 1.807) is 12.3 Å². The topological polar surface area (TPSA) is 68.5 Å². The molecule has 1 aliphatic heterocycles. The number of esters is 1. The Labute approximate surface area is 126 Å². The van der Waals surface area contributed by atoms with Crippen LogP contribution in [0, 0.1) is 5.92 Å². The Balaban J connectivity index is 1.82. The Hall–Kier alpha value is -1.78. The highest BCUT2D eigenvalue weighted by molar-refractivity contribution is 5.70. The number of piperidine rings is 1. The predicted molar refractivity (Wildman–Crippen MR) is 84.0 cm³/mol. The Morgan fingerprint density at radius 3 is 2.67 bits per heavy atom. The normalized spacial score (nSPS) is 16.8. The van der Waals surface area contributed by atoms with Gasteiger partial charge in [0.25, 0.3) is 0 Å². The van der Waals surface area contributed by atoms with E-state index in [0.717, 1.165) is 37.4 Å². The molecule has 0 aliphatic carbocycles. The molecule has 5 nitrogen and oxygen atoms in total. The molecule has 5 heteroatoms. The Kier molecular flexibility index (Phi) is 4.70. The van der Waals surface area contributed by atoms with Gasteiger partial charge in [-0.15, -0.1) is 0 Å². The Morgan fingerprint density at radius 2 is 2.10 bits per heavy atom. The van der Waals surface area contributed by atoms with Gasteiger partial charge in [0.1, 0.15) is 11.4 Å². The zero-order chi connectivity index (χ0) is 15.5. The summed E-state index contributed by atoms with van der Waals surface area (Å²) in [7, 11) is 0. The number of hydrogen-bond donors (Lipinski definition) is 1. The van der Waals surface area contributed by atoms with Gasteiger partial charge in [0.05, 0.1) is 0 Å². The van der Waals surface area contributed by atoms with E-state index in [4.69, 9.17) is 10.5 Å². The minimum atomic E-state index is -0.400. The van der Waals surface area contributed by atoms with Crippen molar-refractivity contribution in [2.75, 3.05) is 23.7 Å². The fraction of sp³-hybridized carbons (Fsp3) is 0.625. The molecule has 1 saturated heterocycles. The van der Waals surface area contributed by atoms with Crippen LogP contribution in [0.5, 0.6) is 0 Å². The van der Waals surface area contributed by atoms with Gasteiger partial charge in [-0.1, -0.05) is 0 Å². The molecule has 0 unspecified atom stereocenters. The molecule has 116 valence electrons. The van der Waals surface area contributed by atoms with E-state index < -0.39 is 5.60 Å². The van der Waals surface area contributed by atoms with Gasteiger partial charge in [-0.25, -0.2) is 4.98 Å². The second-order valence-electron chi connectivity index (χ2n) is 6.67. The molecule has 0 saturated carbocycles. The maximum Gasteiger partial charge on any atom is 0.306 e. The molecule has 2 heterocycles. The Bertz CT molecular complexity index is 489. The lowest BCUT2D eigenvalue weighted by Crippen LogP contribution is -2.35. The lowest BCUT2D eigenvalue weighted by molar-refractivity contribution is -0.156. The minimum absolute atomic E-state index is 0.0944. The van der Waals surface area contributed by atoms with E-state index in [1.165, 1.54) is 0 Å². The van der Waals surface area contributed by atoms with Crippen LogP contribution in [0.1, 0.15) is 40.0 Å². The number of pyridine rings is 1. The second kappa shape index (κ2) is 6.33. The molecule has 1 aromatic rings. The molecule has 1 fully saturated rings. The van der Waals surface area contributed by atoms with Gasteiger partial charge in [0.15, 0.2) is 0 Å². The fourth-order valence-electron chi connectivity index (χ4n) is 2.59. The number of nitrogens with zero attached hydrogens (tertiary/aromatic N) is 2. The number of anilines is 2. The number of nitrogen functional groups attached to an aromatic ring is 1. The third-order valence-electron chi connectivity index (χ3n) is 3.58. The van der Waals surface area contributed by atoms with Crippen molar-refractivity contribution in [3.8, 4) is 0 Å². The molecule has 21 heavy (non-hydrogen) atoms. The molecule has 2 N–H and O–H groups in total. The molecule has 0 aromatic carbocycles. The van der Waals surface area contributed by atoms with Crippen molar-refractivity contribution in [3.05, 3.63) is 18.3 Å². The van der Waals surface area contributed by atoms with E-state index in [0.29, 0.717) is 12.3 Å². The maximum absolute atomic E-state index is 11.9. The quantitative estimate of drug-likeness (QED) is 0.867. The van der Waals surface area contributed by atoms with Crippen LogP contribution in [0.3, 0.4) is 0 Å². The van der Waals surface area contributed by atoms with Crippen LogP contribution in [0.25, 0.3) is 0 Å². The highest BCUT2D eigenvalue weighted by Gasteiger charge is 2.25. The summed E-state index contributed by atoms with van der Waals surface area (Å²) in [6, 6.07) is 3.69. The first kappa shape index (κ1) is 15.6. The van der Waals surface area contributed by atoms with Gasteiger partial charge in [0.2, 0.25) is 0 Å². The third kappa shape index (κ3) is 4.92. The first-order valence-corrected chi connectivity index (χ1v) is 7.52. The molecular weight excluding hydrogens is 266 g/mol. The molecule has 2 rings (SSSR count). The number of rotatable bonds is 3. The third-order valence-corrected chi connectivity index (χ3v) is 3.58. The van der Waals surface area contributed by atoms with E-state index in [9.17, 15) is 4.79 Å². The summed E-state index contributed by atoms with van der Waals surface area (Å²) in [6.45, 7) is 7.52. The van der Waals surface area contributed by atoms with Gasteiger partial charge in [-0.05, 0) is 45.6 Å². The van der Waals surface area contributed by atoms with Crippen LogP contribution in [0.15, 0.2) is 18.3 Å². The van der Waals surface area contributed by atoms with Crippen LogP contribution in [-0.2, 0) is 9.53 Å². The highest BCUT2D eigenvalue weighted by atomic mass is 16.6. The smallest absolute Gasteiger partial charge is 0.306 e. The van der Waals surface area contributed by atoms with E-state index >= 15 is 0 Å². The van der Waals surface area contributed by atoms with Gasteiger partial charge < -0.3 is 15.4 Å². The maximum atomic E-state index is 11.9. The monoisotopic (exact) mass is 291 g/mol. The molecule has 1 aromatic heterocycles. The lowest BCUT2D eigenvalue weighted by Gasteiger charge is -2.33. The van der Waals surface area contributed by atoms with Crippen molar-refractivity contribution in [1.29, 1.82) is 0 Å². The van der Waals surface area contributed by atoms with E-state index in [2.05, 4.69) is 9.88 Å². The second-order valence-corrected chi connectivity index (χ2v) is 6.67. The standard InChI is InChI=1S/C16H25N3O2/c1-16(2,3)21-15(20)10-12-5-8-19(9-6-12)14-11-13(17)4-7-18-14/h4,7,11-12H,5-6,8-10H2,1-3H3,(H2,17,18). The Morgan fingerprint density at radius 1 is 1.43 bits per heavy atom. The largest absolute Gasteiger partial charge is 0.460 e. The molecular formula is C16H25N3O2. The van der Waals surface area contributed by atoms with E-state index in [1.807, 2.05) is 26.8 Å². The van der Waals surface area contributed by atoms with Crippen LogP contribution < -0.4 is 10.6 Å². The molecule has 0 bridgehead atoms. The molecule has 0 atom stereocenters. The SMILES string of the molecule is CC(C)(C)OC(=O)CC1CCN(c2cc(N)ccn2)CC1. The first-order chi connectivity index (χ1) is 9.83. The average Bonchev–Trinajstić information content (AvgIpc) is 2.37.